The van der Waals surface area contributed by atoms with Crippen LogP contribution in [-0.2, 0) is 16.6 Å². The predicted molar refractivity (Wildman–Crippen MR) is 146 cm³/mol. The number of hydrogen-bond donors (Lipinski definition) is 1. The van der Waals surface area contributed by atoms with E-state index in [1.54, 1.807) is 41.3 Å². The Morgan fingerprint density at radius 3 is 2.32 bits per heavy atom. The van der Waals surface area contributed by atoms with Crippen molar-refractivity contribution < 1.29 is 18.0 Å². The number of benzene rings is 3. The Morgan fingerprint density at radius 1 is 0.865 bits per heavy atom. The molecule has 37 heavy (non-hydrogen) atoms. The van der Waals surface area contributed by atoms with Crippen LogP contribution < -0.4 is 5.32 Å². The van der Waals surface area contributed by atoms with Gasteiger partial charge in [-0.05, 0) is 53.2 Å². The number of fused-ring (bicyclic) bond motifs is 1. The highest BCUT2D eigenvalue weighted by atomic mass is 35.5. The molecule has 0 radical (unpaired) electrons. The van der Waals surface area contributed by atoms with Gasteiger partial charge in [0.05, 0.1) is 6.54 Å². The van der Waals surface area contributed by atoms with Gasteiger partial charge < -0.3 is 10.2 Å². The van der Waals surface area contributed by atoms with Crippen molar-refractivity contribution in [1.29, 1.82) is 0 Å². The molecule has 4 aromatic rings. The summed E-state index contributed by atoms with van der Waals surface area (Å²) in [5.74, 6) is -0.356. The third-order valence-corrected chi connectivity index (χ3v) is 10.0. The van der Waals surface area contributed by atoms with Gasteiger partial charge in [-0.15, -0.1) is 11.3 Å². The molecule has 1 aliphatic heterocycles. The number of hydrogen-bond acceptors (Lipinski definition) is 5. The first-order chi connectivity index (χ1) is 17.8. The Bertz CT molecular complexity index is 1550. The molecule has 5 rings (SSSR count). The Labute approximate surface area is 224 Å². The average Bonchev–Trinajstić information content (AvgIpc) is 3.42. The van der Waals surface area contributed by atoms with Gasteiger partial charge in [0, 0.05) is 47.2 Å². The van der Waals surface area contributed by atoms with Gasteiger partial charge in [-0.3, -0.25) is 9.59 Å². The van der Waals surface area contributed by atoms with E-state index in [-0.39, 0.29) is 35.7 Å². The van der Waals surface area contributed by atoms with Gasteiger partial charge in [0.25, 0.3) is 21.8 Å². The third kappa shape index (κ3) is 5.40. The Hall–Kier alpha value is -3.24. The fourth-order valence-electron chi connectivity index (χ4n) is 4.30. The monoisotopic (exact) mass is 553 g/mol. The first-order valence-corrected chi connectivity index (χ1v) is 14.4. The molecule has 10 heteroatoms. The molecule has 0 spiro atoms. The number of amides is 2. The van der Waals surface area contributed by atoms with Crippen LogP contribution in [-0.4, -0.2) is 55.6 Å². The zero-order valence-electron chi connectivity index (χ0n) is 19.8. The van der Waals surface area contributed by atoms with Crippen LogP contribution in [0, 0.1) is 0 Å². The van der Waals surface area contributed by atoms with Gasteiger partial charge >= 0.3 is 0 Å². The largest absolute Gasteiger partial charge is 0.347 e. The molecule has 0 unspecified atom stereocenters. The van der Waals surface area contributed by atoms with E-state index >= 15 is 0 Å². The summed E-state index contributed by atoms with van der Waals surface area (Å²) in [6.45, 7) is 1.29. The lowest BCUT2D eigenvalue weighted by atomic mass is 10.0. The van der Waals surface area contributed by atoms with Crippen molar-refractivity contribution in [3.63, 3.8) is 0 Å². The highest BCUT2D eigenvalue weighted by Gasteiger charge is 2.31. The average molecular weight is 554 g/mol. The van der Waals surface area contributed by atoms with E-state index in [0.717, 1.165) is 27.0 Å². The molecule has 1 fully saturated rings. The quantitative estimate of drug-likeness (QED) is 0.377. The van der Waals surface area contributed by atoms with Gasteiger partial charge in [0.2, 0.25) is 0 Å². The normalized spacial score (nSPS) is 14.6. The number of thiophene rings is 1. The number of halogens is 1. The summed E-state index contributed by atoms with van der Waals surface area (Å²) in [5, 5.41) is 5.23. The molecule has 1 aliphatic rings. The Morgan fingerprint density at radius 2 is 1.57 bits per heavy atom. The molecule has 190 valence electrons. The van der Waals surface area contributed by atoms with Gasteiger partial charge in [-0.25, -0.2) is 8.42 Å². The van der Waals surface area contributed by atoms with Crippen molar-refractivity contribution >= 4 is 55.5 Å². The van der Waals surface area contributed by atoms with E-state index < -0.39 is 10.0 Å². The SMILES string of the molecule is O=C(NCc1ccc(S(=O)(=O)N2CCN(C(=O)c3cccc4ccccc34)CC2)s1)c1ccc(Cl)cc1. The standard InChI is InChI=1S/C27H24ClN3O4S2/c28-21-10-8-20(9-11-21)26(32)29-18-22-12-13-25(36-22)37(34,35)31-16-14-30(15-17-31)27(33)24-7-3-5-19-4-1-2-6-23(19)24/h1-13H,14-18H2,(H,29,32). The summed E-state index contributed by atoms with van der Waals surface area (Å²) in [5.41, 5.74) is 1.10. The number of sulfonamides is 1. The molecule has 0 bridgehead atoms. The fraction of sp³-hybridized carbons (Fsp3) is 0.185. The number of carbonyl (C=O) groups is 2. The minimum absolute atomic E-state index is 0.0938. The van der Waals surface area contributed by atoms with Crippen LogP contribution in [0.5, 0.6) is 0 Å². The van der Waals surface area contributed by atoms with E-state index in [1.165, 1.54) is 4.31 Å². The molecule has 0 saturated carbocycles. The minimum Gasteiger partial charge on any atom is -0.347 e. The van der Waals surface area contributed by atoms with Crippen LogP contribution in [0.25, 0.3) is 10.8 Å². The maximum atomic E-state index is 13.2. The first-order valence-electron chi connectivity index (χ1n) is 11.7. The van der Waals surface area contributed by atoms with Crippen LogP contribution in [0.15, 0.2) is 83.1 Å². The van der Waals surface area contributed by atoms with Crippen LogP contribution in [0.4, 0.5) is 0 Å². The van der Waals surface area contributed by atoms with Gasteiger partial charge in [0.1, 0.15) is 4.21 Å². The molecule has 1 aromatic heterocycles. The van der Waals surface area contributed by atoms with Crippen molar-refractivity contribution in [2.75, 3.05) is 26.2 Å². The highest BCUT2D eigenvalue weighted by molar-refractivity contribution is 7.91. The van der Waals surface area contributed by atoms with Crippen molar-refractivity contribution in [2.24, 2.45) is 0 Å². The molecule has 2 heterocycles. The smallest absolute Gasteiger partial charge is 0.254 e. The molecule has 0 atom stereocenters. The minimum atomic E-state index is -3.70. The summed E-state index contributed by atoms with van der Waals surface area (Å²) in [6, 6.07) is 23.2. The van der Waals surface area contributed by atoms with Gasteiger partial charge in [0.15, 0.2) is 0 Å². The topological polar surface area (TPSA) is 86.8 Å². The lowest BCUT2D eigenvalue weighted by Crippen LogP contribution is -2.50. The molecule has 1 saturated heterocycles. The Kier molecular flexibility index (Phi) is 7.30. The molecular formula is C27H24ClN3O4S2. The lowest BCUT2D eigenvalue weighted by molar-refractivity contribution is 0.0700. The number of nitrogens with one attached hydrogen (secondary N) is 1. The highest BCUT2D eigenvalue weighted by Crippen LogP contribution is 2.27. The lowest BCUT2D eigenvalue weighted by Gasteiger charge is -2.34. The van der Waals surface area contributed by atoms with Crippen LogP contribution in [0.3, 0.4) is 0 Å². The number of rotatable bonds is 6. The zero-order chi connectivity index (χ0) is 26.0. The second-order valence-corrected chi connectivity index (χ2v) is 12.4. The molecule has 2 amide bonds. The zero-order valence-corrected chi connectivity index (χ0v) is 22.2. The summed E-state index contributed by atoms with van der Waals surface area (Å²) in [7, 11) is -3.70. The molecule has 7 nitrogen and oxygen atoms in total. The maximum Gasteiger partial charge on any atom is 0.254 e. The summed E-state index contributed by atoms with van der Waals surface area (Å²) >= 11 is 6.99. The molecule has 0 aliphatic carbocycles. The molecule has 1 N–H and O–H groups in total. The molecular weight excluding hydrogens is 530 g/mol. The van der Waals surface area contributed by atoms with Crippen molar-refractivity contribution in [3.8, 4) is 0 Å². The van der Waals surface area contributed by atoms with Gasteiger partial charge in [-0.2, -0.15) is 4.31 Å². The first kappa shape index (κ1) is 25.4. The van der Waals surface area contributed by atoms with Crippen molar-refractivity contribution in [3.05, 3.63) is 99.9 Å². The maximum absolute atomic E-state index is 13.2. The van der Waals surface area contributed by atoms with E-state index in [2.05, 4.69) is 5.32 Å². The predicted octanol–water partition coefficient (Wildman–Crippen LogP) is 4.63. The summed E-state index contributed by atoms with van der Waals surface area (Å²) in [4.78, 5) is 28.0. The number of carbonyl (C=O) groups excluding carboxylic acids is 2. The number of piperazine rings is 1. The summed E-state index contributed by atoms with van der Waals surface area (Å²) in [6.07, 6.45) is 0. The second kappa shape index (κ2) is 10.6. The van der Waals surface area contributed by atoms with Crippen molar-refractivity contribution in [1.82, 2.24) is 14.5 Å². The molecule has 3 aromatic carbocycles. The number of nitrogens with zero attached hydrogens (tertiary/aromatic N) is 2. The van der Waals surface area contributed by atoms with E-state index in [9.17, 15) is 18.0 Å². The van der Waals surface area contributed by atoms with Crippen LogP contribution >= 0.6 is 22.9 Å². The van der Waals surface area contributed by atoms with Crippen molar-refractivity contribution in [2.45, 2.75) is 10.8 Å². The van der Waals surface area contributed by atoms with E-state index in [4.69, 9.17) is 11.6 Å². The van der Waals surface area contributed by atoms with Gasteiger partial charge in [-0.1, -0.05) is 48.0 Å². The van der Waals surface area contributed by atoms with E-state index in [0.29, 0.717) is 29.2 Å². The van der Waals surface area contributed by atoms with Crippen LogP contribution in [0.1, 0.15) is 25.6 Å². The fourth-order valence-corrected chi connectivity index (χ4v) is 7.30. The second-order valence-electron chi connectivity index (χ2n) is 8.63. The summed E-state index contributed by atoms with van der Waals surface area (Å²) < 4.78 is 28.1. The third-order valence-electron chi connectivity index (χ3n) is 6.31. The van der Waals surface area contributed by atoms with Crippen LogP contribution in [0.2, 0.25) is 5.02 Å². The van der Waals surface area contributed by atoms with E-state index in [1.807, 2.05) is 42.5 Å². The Balaban J connectivity index is 1.20.